The van der Waals surface area contributed by atoms with Crippen LogP contribution in [0.15, 0.2) is 18.2 Å². The Hall–Kier alpha value is -0.770. The lowest BCUT2D eigenvalue weighted by Crippen LogP contribution is -2.37. The fourth-order valence-electron chi connectivity index (χ4n) is 2.07. The summed E-state index contributed by atoms with van der Waals surface area (Å²) in [5.74, 6) is 0. The standard InChI is InChI=1S/C13H19ClN2O/c1-2-15-10-11-9-12(14)3-4-13(11)16-5-7-17-8-6-16/h3-4,9,15H,2,5-8,10H2,1H3. The lowest BCUT2D eigenvalue weighted by atomic mass is 10.1. The first-order chi connectivity index (χ1) is 8.31. The highest BCUT2D eigenvalue weighted by Gasteiger charge is 2.14. The number of ether oxygens (including phenoxy) is 1. The Labute approximate surface area is 108 Å². The molecule has 0 atom stereocenters. The van der Waals surface area contributed by atoms with E-state index in [0.29, 0.717) is 0 Å². The van der Waals surface area contributed by atoms with Gasteiger partial charge in [-0.2, -0.15) is 0 Å². The average Bonchev–Trinajstić information content (AvgIpc) is 2.37. The normalized spacial score (nSPS) is 16.2. The first-order valence-electron chi connectivity index (χ1n) is 6.13. The molecule has 1 saturated heterocycles. The molecule has 0 aliphatic carbocycles. The summed E-state index contributed by atoms with van der Waals surface area (Å²) < 4.78 is 5.38. The molecule has 2 rings (SSSR count). The number of nitrogens with zero attached hydrogens (tertiary/aromatic N) is 1. The van der Waals surface area contributed by atoms with Crippen LogP contribution in [0.4, 0.5) is 5.69 Å². The molecular weight excluding hydrogens is 236 g/mol. The molecule has 3 nitrogen and oxygen atoms in total. The minimum atomic E-state index is 0.801. The topological polar surface area (TPSA) is 24.5 Å². The fraction of sp³-hybridized carbons (Fsp3) is 0.538. The van der Waals surface area contributed by atoms with Gasteiger partial charge < -0.3 is 15.0 Å². The number of rotatable bonds is 4. The quantitative estimate of drug-likeness (QED) is 0.892. The minimum absolute atomic E-state index is 0.801. The lowest BCUT2D eigenvalue weighted by molar-refractivity contribution is 0.122. The molecule has 1 aliphatic heterocycles. The number of benzene rings is 1. The van der Waals surface area contributed by atoms with Crippen molar-refractivity contribution in [2.24, 2.45) is 0 Å². The van der Waals surface area contributed by atoms with Crippen molar-refractivity contribution in [2.75, 3.05) is 37.7 Å². The number of hydrogen-bond acceptors (Lipinski definition) is 3. The van der Waals surface area contributed by atoms with Crippen LogP contribution in [0.25, 0.3) is 0 Å². The van der Waals surface area contributed by atoms with E-state index in [-0.39, 0.29) is 0 Å². The number of anilines is 1. The maximum Gasteiger partial charge on any atom is 0.0642 e. The van der Waals surface area contributed by atoms with Crippen LogP contribution in [0, 0.1) is 0 Å². The molecule has 0 unspecified atom stereocenters. The summed E-state index contributed by atoms with van der Waals surface area (Å²) in [5.41, 5.74) is 2.54. The van der Waals surface area contributed by atoms with E-state index in [4.69, 9.17) is 16.3 Å². The van der Waals surface area contributed by atoms with Crippen molar-refractivity contribution >= 4 is 17.3 Å². The summed E-state index contributed by atoms with van der Waals surface area (Å²) in [7, 11) is 0. The van der Waals surface area contributed by atoms with Gasteiger partial charge in [0.15, 0.2) is 0 Å². The van der Waals surface area contributed by atoms with E-state index in [9.17, 15) is 0 Å². The Balaban J connectivity index is 2.18. The molecule has 1 fully saturated rings. The van der Waals surface area contributed by atoms with Gasteiger partial charge in [-0.15, -0.1) is 0 Å². The molecule has 0 radical (unpaired) electrons. The van der Waals surface area contributed by atoms with E-state index < -0.39 is 0 Å². The molecule has 1 aromatic carbocycles. The third kappa shape index (κ3) is 3.35. The van der Waals surface area contributed by atoms with E-state index in [1.807, 2.05) is 6.07 Å². The molecule has 1 aliphatic rings. The molecule has 94 valence electrons. The summed E-state index contributed by atoms with van der Waals surface area (Å²) >= 11 is 6.06. The molecule has 0 saturated carbocycles. The molecular formula is C13H19ClN2O. The van der Waals surface area contributed by atoms with E-state index in [2.05, 4.69) is 29.3 Å². The largest absolute Gasteiger partial charge is 0.378 e. The van der Waals surface area contributed by atoms with Crippen LogP contribution in [0.3, 0.4) is 0 Å². The Morgan fingerprint density at radius 3 is 2.82 bits per heavy atom. The third-order valence-corrected chi connectivity index (χ3v) is 3.19. The Morgan fingerprint density at radius 1 is 1.35 bits per heavy atom. The first-order valence-corrected chi connectivity index (χ1v) is 6.51. The van der Waals surface area contributed by atoms with Crippen molar-refractivity contribution < 1.29 is 4.74 Å². The molecule has 0 aromatic heterocycles. The van der Waals surface area contributed by atoms with Gasteiger partial charge in [0.1, 0.15) is 0 Å². The zero-order valence-corrected chi connectivity index (χ0v) is 11.0. The molecule has 1 heterocycles. The highest BCUT2D eigenvalue weighted by molar-refractivity contribution is 6.30. The van der Waals surface area contributed by atoms with Gasteiger partial charge >= 0.3 is 0 Å². The molecule has 0 bridgehead atoms. The van der Waals surface area contributed by atoms with Gasteiger partial charge in [0.25, 0.3) is 0 Å². The second kappa shape index (κ2) is 6.24. The molecule has 1 aromatic rings. The van der Waals surface area contributed by atoms with Crippen LogP contribution in [-0.4, -0.2) is 32.8 Å². The van der Waals surface area contributed by atoms with E-state index in [1.165, 1.54) is 11.3 Å². The lowest BCUT2D eigenvalue weighted by Gasteiger charge is -2.30. The highest BCUT2D eigenvalue weighted by Crippen LogP contribution is 2.25. The highest BCUT2D eigenvalue weighted by atomic mass is 35.5. The minimum Gasteiger partial charge on any atom is -0.378 e. The first kappa shape index (κ1) is 12.7. The maximum atomic E-state index is 6.06. The molecule has 4 heteroatoms. The predicted molar refractivity (Wildman–Crippen MR) is 71.9 cm³/mol. The van der Waals surface area contributed by atoms with Gasteiger partial charge in [-0.3, -0.25) is 0 Å². The molecule has 1 N–H and O–H groups in total. The van der Waals surface area contributed by atoms with Crippen LogP contribution < -0.4 is 10.2 Å². The smallest absolute Gasteiger partial charge is 0.0642 e. The Kier molecular flexibility index (Phi) is 4.66. The Bertz CT molecular complexity index is 364. The van der Waals surface area contributed by atoms with Gasteiger partial charge in [0, 0.05) is 30.3 Å². The van der Waals surface area contributed by atoms with Gasteiger partial charge in [-0.1, -0.05) is 18.5 Å². The van der Waals surface area contributed by atoms with Crippen LogP contribution in [-0.2, 0) is 11.3 Å². The monoisotopic (exact) mass is 254 g/mol. The van der Waals surface area contributed by atoms with Gasteiger partial charge in [-0.05, 0) is 30.3 Å². The summed E-state index contributed by atoms with van der Waals surface area (Å²) in [6.07, 6.45) is 0. The summed E-state index contributed by atoms with van der Waals surface area (Å²) in [6, 6.07) is 6.12. The molecule has 0 spiro atoms. The van der Waals surface area contributed by atoms with Crippen molar-refractivity contribution in [1.82, 2.24) is 5.32 Å². The second-order valence-corrected chi connectivity index (χ2v) is 4.59. The van der Waals surface area contributed by atoms with E-state index in [0.717, 1.165) is 44.4 Å². The SMILES string of the molecule is CCNCc1cc(Cl)ccc1N1CCOCC1. The zero-order chi connectivity index (χ0) is 12.1. The van der Waals surface area contributed by atoms with Crippen LogP contribution in [0.2, 0.25) is 5.02 Å². The Morgan fingerprint density at radius 2 is 2.12 bits per heavy atom. The van der Waals surface area contributed by atoms with Gasteiger partial charge in [-0.25, -0.2) is 0 Å². The van der Waals surface area contributed by atoms with E-state index >= 15 is 0 Å². The maximum absolute atomic E-state index is 6.06. The van der Waals surface area contributed by atoms with Crippen molar-refractivity contribution in [3.8, 4) is 0 Å². The molecule has 17 heavy (non-hydrogen) atoms. The molecule has 0 amide bonds. The number of nitrogens with one attached hydrogen (secondary N) is 1. The van der Waals surface area contributed by atoms with Gasteiger partial charge in [0.05, 0.1) is 13.2 Å². The van der Waals surface area contributed by atoms with Crippen molar-refractivity contribution in [2.45, 2.75) is 13.5 Å². The van der Waals surface area contributed by atoms with Crippen LogP contribution in [0.5, 0.6) is 0 Å². The van der Waals surface area contributed by atoms with Crippen LogP contribution >= 0.6 is 11.6 Å². The number of morpholine rings is 1. The summed E-state index contributed by atoms with van der Waals surface area (Å²) in [6.45, 7) is 7.48. The fourth-order valence-corrected chi connectivity index (χ4v) is 2.26. The van der Waals surface area contributed by atoms with Crippen molar-refractivity contribution in [3.63, 3.8) is 0 Å². The number of hydrogen-bond donors (Lipinski definition) is 1. The van der Waals surface area contributed by atoms with Crippen LogP contribution in [0.1, 0.15) is 12.5 Å². The van der Waals surface area contributed by atoms with Crippen molar-refractivity contribution in [3.05, 3.63) is 28.8 Å². The average molecular weight is 255 g/mol. The number of halogens is 1. The predicted octanol–water partition coefficient (Wildman–Crippen LogP) is 2.29. The van der Waals surface area contributed by atoms with E-state index in [1.54, 1.807) is 0 Å². The summed E-state index contributed by atoms with van der Waals surface area (Å²) in [5, 5.41) is 4.16. The second-order valence-electron chi connectivity index (χ2n) is 4.15. The van der Waals surface area contributed by atoms with Crippen molar-refractivity contribution in [1.29, 1.82) is 0 Å². The third-order valence-electron chi connectivity index (χ3n) is 2.96. The zero-order valence-electron chi connectivity index (χ0n) is 10.2. The summed E-state index contributed by atoms with van der Waals surface area (Å²) in [4.78, 5) is 2.37. The van der Waals surface area contributed by atoms with Gasteiger partial charge in [0.2, 0.25) is 0 Å².